The lowest BCUT2D eigenvalue weighted by Gasteiger charge is -2.32. The molecule has 0 aliphatic carbocycles. The molecular weight excluding hydrogens is 158 g/mol. The standard InChI is InChI=1S/C8H17NO3/c1-7(11)4-9-2-3-12-8(5-9)6-10/h7-8,10-11H,2-6H2,1H3/t7-,8?/m0/s1. The first-order chi connectivity index (χ1) is 5.72. The van der Waals surface area contributed by atoms with Crippen LogP contribution in [0.2, 0.25) is 0 Å². The predicted molar refractivity (Wildman–Crippen MR) is 44.9 cm³/mol. The summed E-state index contributed by atoms with van der Waals surface area (Å²) in [5.74, 6) is 0. The lowest BCUT2D eigenvalue weighted by atomic mass is 10.2. The maximum absolute atomic E-state index is 9.12. The Hall–Kier alpha value is -0.160. The highest BCUT2D eigenvalue weighted by atomic mass is 16.5. The van der Waals surface area contributed by atoms with E-state index in [0.29, 0.717) is 13.2 Å². The third-order valence-corrected chi connectivity index (χ3v) is 1.95. The van der Waals surface area contributed by atoms with Crippen molar-refractivity contribution < 1.29 is 14.9 Å². The summed E-state index contributed by atoms with van der Waals surface area (Å²) in [7, 11) is 0. The Labute approximate surface area is 72.7 Å². The van der Waals surface area contributed by atoms with Crippen molar-refractivity contribution >= 4 is 0 Å². The van der Waals surface area contributed by atoms with E-state index in [2.05, 4.69) is 4.90 Å². The largest absolute Gasteiger partial charge is 0.394 e. The van der Waals surface area contributed by atoms with Crippen molar-refractivity contribution in [2.45, 2.75) is 19.1 Å². The minimum Gasteiger partial charge on any atom is -0.394 e. The second-order valence-corrected chi connectivity index (χ2v) is 3.28. The molecule has 2 N–H and O–H groups in total. The van der Waals surface area contributed by atoms with Gasteiger partial charge in [-0.25, -0.2) is 0 Å². The third-order valence-electron chi connectivity index (χ3n) is 1.95. The average molecular weight is 175 g/mol. The Balaban J connectivity index is 2.25. The number of aliphatic hydroxyl groups excluding tert-OH is 2. The van der Waals surface area contributed by atoms with Crippen LogP contribution in [0.25, 0.3) is 0 Å². The van der Waals surface area contributed by atoms with E-state index in [1.807, 2.05) is 0 Å². The number of hydrogen-bond donors (Lipinski definition) is 2. The van der Waals surface area contributed by atoms with Crippen LogP contribution in [0.1, 0.15) is 6.92 Å². The van der Waals surface area contributed by atoms with Gasteiger partial charge >= 0.3 is 0 Å². The molecule has 1 heterocycles. The highest BCUT2D eigenvalue weighted by Gasteiger charge is 2.19. The Morgan fingerprint density at radius 2 is 2.42 bits per heavy atom. The lowest BCUT2D eigenvalue weighted by Crippen LogP contribution is -2.46. The molecule has 1 unspecified atom stereocenters. The summed E-state index contributed by atoms with van der Waals surface area (Å²) >= 11 is 0. The molecule has 72 valence electrons. The van der Waals surface area contributed by atoms with Gasteiger partial charge in [0.15, 0.2) is 0 Å². The van der Waals surface area contributed by atoms with Crippen molar-refractivity contribution in [3.8, 4) is 0 Å². The molecule has 4 heteroatoms. The number of aliphatic hydroxyl groups is 2. The first-order valence-corrected chi connectivity index (χ1v) is 4.35. The zero-order valence-electron chi connectivity index (χ0n) is 7.44. The molecule has 0 radical (unpaired) electrons. The van der Waals surface area contributed by atoms with Crippen LogP contribution in [-0.2, 0) is 4.74 Å². The van der Waals surface area contributed by atoms with Crippen molar-refractivity contribution in [2.75, 3.05) is 32.8 Å². The number of rotatable bonds is 3. The molecule has 1 saturated heterocycles. The predicted octanol–water partition coefficient (Wildman–Crippen LogP) is -0.940. The number of hydrogen-bond acceptors (Lipinski definition) is 4. The molecular formula is C8H17NO3. The zero-order valence-corrected chi connectivity index (χ0v) is 7.44. The Morgan fingerprint density at radius 1 is 1.67 bits per heavy atom. The van der Waals surface area contributed by atoms with E-state index >= 15 is 0 Å². The van der Waals surface area contributed by atoms with Gasteiger partial charge in [-0.2, -0.15) is 0 Å². The van der Waals surface area contributed by atoms with Gasteiger partial charge in [-0.1, -0.05) is 0 Å². The summed E-state index contributed by atoms with van der Waals surface area (Å²) in [5, 5.41) is 17.9. The Bertz CT molecular complexity index is 129. The van der Waals surface area contributed by atoms with Crippen molar-refractivity contribution in [3.05, 3.63) is 0 Å². The van der Waals surface area contributed by atoms with Crippen molar-refractivity contribution in [1.82, 2.24) is 4.90 Å². The summed E-state index contributed by atoms with van der Waals surface area (Å²) in [5.41, 5.74) is 0. The fourth-order valence-corrected chi connectivity index (χ4v) is 1.43. The van der Waals surface area contributed by atoms with Crippen LogP contribution in [0.5, 0.6) is 0 Å². The molecule has 0 aromatic carbocycles. The lowest BCUT2D eigenvalue weighted by molar-refractivity contribution is -0.0603. The highest BCUT2D eigenvalue weighted by Crippen LogP contribution is 2.04. The van der Waals surface area contributed by atoms with Crippen LogP contribution in [0.3, 0.4) is 0 Å². The van der Waals surface area contributed by atoms with E-state index in [4.69, 9.17) is 14.9 Å². The van der Waals surface area contributed by atoms with Gasteiger partial charge in [0.05, 0.1) is 25.4 Å². The molecule has 1 aliphatic rings. The summed E-state index contributed by atoms with van der Waals surface area (Å²) in [4.78, 5) is 2.11. The second kappa shape index (κ2) is 4.77. The minimum atomic E-state index is -0.303. The van der Waals surface area contributed by atoms with Gasteiger partial charge < -0.3 is 14.9 Å². The molecule has 2 atom stereocenters. The monoisotopic (exact) mass is 175 g/mol. The van der Waals surface area contributed by atoms with Crippen LogP contribution < -0.4 is 0 Å². The summed E-state index contributed by atoms with van der Waals surface area (Å²) in [6, 6.07) is 0. The third kappa shape index (κ3) is 3.06. The molecule has 12 heavy (non-hydrogen) atoms. The molecule has 0 aromatic heterocycles. The van der Waals surface area contributed by atoms with Crippen molar-refractivity contribution in [3.63, 3.8) is 0 Å². The maximum Gasteiger partial charge on any atom is 0.0932 e. The molecule has 1 fully saturated rings. The molecule has 0 amide bonds. The highest BCUT2D eigenvalue weighted by molar-refractivity contribution is 4.71. The van der Waals surface area contributed by atoms with Gasteiger partial charge in [-0.15, -0.1) is 0 Å². The summed E-state index contributed by atoms with van der Waals surface area (Å²) < 4.78 is 5.27. The maximum atomic E-state index is 9.12. The first-order valence-electron chi connectivity index (χ1n) is 4.35. The average Bonchev–Trinajstić information content (AvgIpc) is 2.03. The van der Waals surface area contributed by atoms with Crippen LogP contribution in [-0.4, -0.2) is 60.2 Å². The normalized spacial score (nSPS) is 28.8. The van der Waals surface area contributed by atoms with E-state index in [0.717, 1.165) is 13.1 Å². The van der Waals surface area contributed by atoms with Gasteiger partial charge in [0.1, 0.15) is 0 Å². The quantitative estimate of drug-likeness (QED) is 0.581. The van der Waals surface area contributed by atoms with E-state index in [1.165, 1.54) is 0 Å². The number of β-amino-alcohol motifs (C(OH)–C–C–N with tert-alkyl or cyclic N) is 1. The molecule has 1 aliphatic heterocycles. The van der Waals surface area contributed by atoms with Crippen molar-refractivity contribution in [1.29, 1.82) is 0 Å². The molecule has 0 bridgehead atoms. The van der Waals surface area contributed by atoms with Crippen LogP contribution in [0, 0.1) is 0 Å². The van der Waals surface area contributed by atoms with Crippen LogP contribution in [0.15, 0.2) is 0 Å². The minimum absolute atomic E-state index is 0.0658. The van der Waals surface area contributed by atoms with Gasteiger partial charge in [0, 0.05) is 19.6 Å². The van der Waals surface area contributed by atoms with E-state index < -0.39 is 0 Å². The van der Waals surface area contributed by atoms with E-state index in [1.54, 1.807) is 6.92 Å². The molecule has 0 spiro atoms. The van der Waals surface area contributed by atoms with E-state index in [9.17, 15) is 0 Å². The van der Waals surface area contributed by atoms with Gasteiger partial charge in [-0.3, -0.25) is 4.90 Å². The molecule has 0 aromatic rings. The SMILES string of the molecule is C[C@H](O)CN1CCOC(CO)C1. The summed E-state index contributed by atoms with van der Waals surface area (Å²) in [6.45, 7) is 4.72. The molecule has 4 nitrogen and oxygen atoms in total. The topological polar surface area (TPSA) is 52.9 Å². The number of morpholine rings is 1. The fourth-order valence-electron chi connectivity index (χ4n) is 1.43. The molecule has 0 saturated carbocycles. The van der Waals surface area contributed by atoms with E-state index in [-0.39, 0.29) is 18.8 Å². The Morgan fingerprint density at radius 3 is 3.00 bits per heavy atom. The number of ether oxygens (including phenoxy) is 1. The van der Waals surface area contributed by atoms with Crippen LogP contribution >= 0.6 is 0 Å². The van der Waals surface area contributed by atoms with Crippen LogP contribution in [0.4, 0.5) is 0 Å². The Kier molecular flexibility index (Phi) is 3.94. The van der Waals surface area contributed by atoms with Gasteiger partial charge in [0.2, 0.25) is 0 Å². The fraction of sp³-hybridized carbons (Fsp3) is 1.00. The van der Waals surface area contributed by atoms with Gasteiger partial charge in [-0.05, 0) is 6.92 Å². The smallest absolute Gasteiger partial charge is 0.0932 e. The molecule has 1 rings (SSSR count). The first kappa shape index (κ1) is 9.92. The van der Waals surface area contributed by atoms with Gasteiger partial charge in [0.25, 0.3) is 0 Å². The van der Waals surface area contributed by atoms with Crippen molar-refractivity contribution in [2.24, 2.45) is 0 Å². The zero-order chi connectivity index (χ0) is 8.97. The summed E-state index contributed by atoms with van der Waals surface area (Å²) in [6.07, 6.45) is -0.375. The number of nitrogens with zero attached hydrogens (tertiary/aromatic N) is 1. The second-order valence-electron chi connectivity index (χ2n) is 3.28.